The molecule has 0 aliphatic carbocycles. The van der Waals surface area contributed by atoms with Crippen LogP contribution in [-0.4, -0.2) is 23.9 Å². The van der Waals surface area contributed by atoms with Crippen LogP contribution in [-0.2, 0) is 9.53 Å². The normalized spacial score (nSPS) is 21.5. The number of methoxy groups -OCH3 is 1. The van der Waals surface area contributed by atoms with Crippen molar-refractivity contribution in [2.24, 2.45) is 0 Å². The van der Waals surface area contributed by atoms with E-state index in [1.165, 1.54) is 7.11 Å². The summed E-state index contributed by atoms with van der Waals surface area (Å²) in [6.07, 6.45) is 4.00. The minimum absolute atomic E-state index is 0.168. The summed E-state index contributed by atoms with van der Waals surface area (Å²) >= 11 is 1.58. The average molecular weight is 420 g/mol. The van der Waals surface area contributed by atoms with Crippen molar-refractivity contribution >= 4 is 28.5 Å². The summed E-state index contributed by atoms with van der Waals surface area (Å²) in [5.74, 6) is -0.468. The van der Waals surface area contributed by atoms with Gasteiger partial charge in [0.2, 0.25) is 0 Å². The zero-order valence-electron chi connectivity index (χ0n) is 16.5. The minimum atomic E-state index is -1.31. The number of ether oxygens (including phenoxy) is 3. The van der Waals surface area contributed by atoms with E-state index in [1.54, 1.807) is 17.4 Å². The van der Waals surface area contributed by atoms with Crippen molar-refractivity contribution in [3.63, 3.8) is 0 Å². The van der Waals surface area contributed by atoms with E-state index in [0.717, 1.165) is 21.1 Å². The number of nitrogens with zero attached hydrogens (tertiary/aromatic N) is 1. The smallest absolute Gasteiger partial charge is 0.341 e. The maximum atomic E-state index is 12.7. The molecule has 3 aromatic rings. The van der Waals surface area contributed by atoms with E-state index in [0.29, 0.717) is 23.5 Å². The molecule has 6 nitrogen and oxygen atoms in total. The molecule has 5 rings (SSSR count). The number of rotatable bonds is 3. The topological polar surface area (TPSA) is 69.7 Å². The molecule has 30 heavy (non-hydrogen) atoms. The maximum Gasteiger partial charge on any atom is 0.341 e. The number of carbonyl (C=O) groups excluding carboxylic acids is 1. The monoisotopic (exact) mass is 420 g/mol. The molecule has 2 aliphatic heterocycles. The summed E-state index contributed by atoms with van der Waals surface area (Å²) in [5, 5.41) is 4.31. The van der Waals surface area contributed by atoms with Gasteiger partial charge in [0.05, 0.1) is 19.6 Å². The quantitative estimate of drug-likeness (QED) is 0.618. The molecule has 2 aromatic carbocycles. The summed E-state index contributed by atoms with van der Waals surface area (Å²) in [5.41, 5.74) is 2.13. The fourth-order valence-electron chi connectivity index (χ4n) is 3.90. The molecule has 0 bridgehead atoms. The summed E-state index contributed by atoms with van der Waals surface area (Å²) in [7, 11) is 1.36. The van der Waals surface area contributed by atoms with Crippen LogP contribution >= 0.6 is 11.3 Å². The fraction of sp³-hybridized carbons (Fsp3) is 0.217. The number of hydrogen-bond acceptors (Lipinski definition) is 7. The van der Waals surface area contributed by atoms with Crippen LogP contribution in [0.15, 0.2) is 60.3 Å². The molecule has 7 heteroatoms. The third-order valence-electron chi connectivity index (χ3n) is 5.27. The van der Waals surface area contributed by atoms with Crippen molar-refractivity contribution in [2.45, 2.75) is 25.2 Å². The van der Waals surface area contributed by atoms with Gasteiger partial charge in [-0.2, -0.15) is 0 Å². The third kappa shape index (κ3) is 3.11. The van der Waals surface area contributed by atoms with Crippen molar-refractivity contribution < 1.29 is 19.0 Å². The Morgan fingerprint density at radius 1 is 1.17 bits per heavy atom. The van der Waals surface area contributed by atoms with E-state index >= 15 is 0 Å². The lowest BCUT2D eigenvalue weighted by atomic mass is 9.87. The molecule has 1 unspecified atom stereocenters. The molecule has 152 valence electrons. The van der Waals surface area contributed by atoms with Crippen molar-refractivity contribution in [2.75, 3.05) is 12.4 Å². The summed E-state index contributed by atoms with van der Waals surface area (Å²) in [6.45, 7) is 2.02. The van der Waals surface area contributed by atoms with Crippen molar-refractivity contribution in [1.29, 1.82) is 0 Å². The highest BCUT2D eigenvalue weighted by atomic mass is 32.1. The number of thiazole rings is 1. The summed E-state index contributed by atoms with van der Waals surface area (Å²) in [6, 6.07) is 15.2. The van der Waals surface area contributed by atoms with Crippen LogP contribution < -0.4 is 14.8 Å². The fourth-order valence-corrected chi connectivity index (χ4v) is 4.62. The van der Waals surface area contributed by atoms with Gasteiger partial charge in [0.15, 0.2) is 5.13 Å². The van der Waals surface area contributed by atoms with Gasteiger partial charge < -0.3 is 19.5 Å². The largest absolute Gasteiger partial charge is 0.465 e. The van der Waals surface area contributed by atoms with Gasteiger partial charge >= 0.3 is 5.97 Å². The second-order valence-corrected chi connectivity index (χ2v) is 8.49. The highest BCUT2D eigenvalue weighted by molar-refractivity contribution is 7.15. The van der Waals surface area contributed by atoms with Gasteiger partial charge in [0.25, 0.3) is 5.79 Å². The van der Waals surface area contributed by atoms with Gasteiger partial charge in [-0.25, -0.2) is 9.78 Å². The van der Waals surface area contributed by atoms with E-state index in [4.69, 9.17) is 14.2 Å². The first kappa shape index (κ1) is 18.7. The first-order chi connectivity index (χ1) is 14.6. The van der Waals surface area contributed by atoms with Crippen LogP contribution in [0, 0.1) is 6.92 Å². The van der Waals surface area contributed by atoms with Gasteiger partial charge in [-0.3, -0.25) is 0 Å². The Hall–Kier alpha value is -3.32. The van der Waals surface area contributed by atoms with Crippen LogP contribution in [0.5, 0.6) is 11.5 Å². The number of fused-ring (bicyclic) bond motifs is 2. The van der Waals surface area contributed by atoms with Crippen LogP contribution in [0.3, 0.4) is 0 Å². The number of hydrogen-bond donors (Lipinski definition) is 1. The van der Waals surface area contributed by atoms with Crippen LogP contribution in [0.1, 0.15) is 28.5 Å². The lowest BCUT2D eigenvalue weighted by Gasteiger charge is -2.44. The highest BCUT2D eigenvalue weighted by Crippen LogP contribution is 2.48. The van der Waals surface area contributed by atoms with Crippen LogP contribution in [0.4, 0.5) is 5.13 Å². The number of nitrogens with one attached hydrogen (secondary N) is 1. The van der Waals surface area contributed by atoms with E-state index in [2.05, 4.69) is 10.3 Å². The second-order valence-electron chi connectivity index (χ2n) is 7.26. The van der Waals surface area contributed by atoms with E-state index in [-0.39, 0.29) is 6.04 Å². The zero-order chi connectivity index (χ0) is 20.7. The number of aryl methyl sites for hydroxylation is 1. The number of anilines is 1. The molecule has 0 amide bonds. The molecule has 1 spiro atoms. The lowest BCUT2D eigenvalue weighted by molar-refractivity contribution is -0.148. The molecule has 0 saturated heterocycles. The first-order valence-corrected chi connectivity index (χ1v) is 10.4. The van der Waals surface area contributed by atoms with Gasteiger partial charge in [0.1, 0.15) is 17.1 Å². The van der Waals surface area contributed by atoms with E-state index < -0.39 is 11.8 Å². The molecular weight excluding hydrogens is 400 g/mol. The Kier molecular flexibility index (Phi) is 4.47. The van der Waals surface area contributed by atoms with Gasteiger partial charge in [-0.05, 0) is 25.1 Å². The second kappa shape index (κ2) is 7.18. The first-order valence-electron chi connectivity index (χ1n) is 9.63. The van der Waals surface area contributed by atoms with E-state index in [9.17, 15) is 4.79 Å². The molecule has 0 saturated carbocycles. The molecule has 0 radical (unpaired) electrons. The predicted molar refractivity (Wildman–Crippen MR) is 115 cm³/mol. The molecule has 2 aliphatic rings. The summed E-state index contributed by atoms with van der Waals surface area (Å²) < 4.78 is 17.8. The van der Waals surface area contributed by atoms with Gasteiger partial charge in [-0.15, -0.1) is 11.3 Å². The number of esters is 1. The van der Waals surface area contributed by atoms with Crippen LogP contribution in [0.25, 0.3) is 6.08 Å². The van der Waals surface area contributed by atoms with Crippen molar-refractivity contribution in [3.05, 3.63) is 76.3 Å². The number of carbonyl (C=O) groups is 1. The SMILES string of the molecule is COC(=O)C1=Cc2ccccc2OC12C[C@H](Nc1ncc(C)s1)c1ccccc1O2. The molecule has 0 fully saturated rings. The van der Waals surface area contributed by atoms with Crippen molar-refractivity contribution in [3.8, 4) is 11.5 Å². The standard InChI is InChI=1S/C23H20N2O4S/c1-14-13-24-22(30-14)25-18-12-23(29-20-10-6-4-8-16(18)20)17(21(26)27-2)11-15-7-3-5-9-19(15)28-23/h3-11,13,18H,12H2,1-2H3,(H,24,25)/t18-,23?/m0/s1. The average Bonchev–Trinajstić information content (AvgIpc) is 3.17. The zero-order valence-corrected chi connectivity index (χ0v) is 17.4. The molecule has 3 heterocycles. The third-order valence-corrected chi connectivity index (χ3v) is 6.11. The van der Waals surface area contributed by atoms with Gasteiger partial charge in [-0.1, -0.05) is 36.4 Å². The molecule has 1 aromatic heterocycles. The number of benzene rings is 2. The Bertz CT molecular complexity index is 1160. The molecular formula is C23H20N2O4S. The predicted octanol–water partition coefficient (Wildman–Crippen LogP) is 4.73. The highest BCUT2D eigenvalue weighted by Gasteiger charge is 2.51. The van der Waals surface area contributed by atoms with Crippen molar-refractivity contribution in [1.82, 2.24) is 4.98 Å². The van der Waals surface area contributed by atoms with E-state index in [1.807, 2.05) is 61.7 Å². The molecule has 2 atom stereocenters. The lowest BCUT2D eigenvalue weighted by Crippen LogP contribution is -2.52. The molecule has 1 N–H and O–H groups in total. The summed E-state index contributed by atoms with van der Waals surface area (Å²) in [4.78, 5) is 18.3. The Labute approximate surface area is 178 Å². The number of para-hydroxylation sites is 2. The minimum Gasteiger partial charge on any atom is -0.465 e. The maximum absolute atomic E-state index is 12.7. The Balaban J connectivity index is 1.61. The Morgan fingerprint density at radius 2 is 1.90 bits per heavy atom. The number of aromatic nitrogens is 1. The Morgan fingerprint density at radius 3 is 2.67 bits per heavy atom. The van der Waals surface area contributed by atoms with Crippen LogP contribution in [0.2, 0.25) is 0 Å². The van der Waals surface area contributed by atoms with Gasteiger partial charge in [0, 0.05) is 22.2 Å².